The highest BCUT2D eigenvalue weighted by Gasteiger charge is 1.98. The minimum atomic E-state index is -1.42. The van der Waals surface area contributed by atoms with Crippen molar-refractivity contribution in [3.05, 3.63) is 0 Å². The fourth-order valence-electron chi connectivity index (χ4n) is 0.153. The summed E-state index contributed by atoms with van der Waals surface area (Å²) in [5, 5.41) is 7.87. The van der Waals surface area contributed by atoms with Crippen LogP contribution in [0.4, 0.5) is 9.59 Å². The van der Waals surface area contributed by atoms with E-state index in [9.17, 15) is 9.59 Å². The lowest BCUT2D eigenvalue weighted by Gasteiger charge is -2.00. The second kappa shape index (κ2) is 4.39. The van der Waals surface area contributed by atoms with Gasteiger partial charge in [0.2, 0.25) is 0 Å². The molecule has 0 heterocycles. The average molecular weight is 150 g/mol. The van der Waals surface area contributed by atoms with Gasteiger partial charge in [-0.25, -0.2) is 9.59 Å². The van der Waals surface area contributed by atoms with Crippen molar-refractivity contribution >= 4 is 12.2 Å². The molecule has 0 bridgehead atoms. The number of carbonyl (C=O) groups is 2. The largest absolute Gasteiger partial charge is 0.463 e. The summed E-state index contributed by atoms with van der Waals surface area (Å²) in [6.07, 6.45) is -2.31. The minimum Gasteiger partial charge on any atom is -0.463 e. The molecule has 0 spiro atoms. The molecule has 7 nitrogen and oxygen atoms in total. The highest BCUT2D eigenvalue weighted by atomic mass is 16.8. The zero-order chi connectivity index (χ0) is 7.98. The molecule has 0 rings (SSSR count). The van der Waals surface area contributed by atoms with Gasteiger partial charge < -0.3 is 9.84 Å². The first kappa shape index (κ1) is 8.50. The van der Waals surface area contributed by atoms with E-state index in [0.29, 0.717) is 0 Å². The van der Waals surface area contributed by atoms with E-state index in [1.165, 1.54) is 5.48 Å². The van der Waals surface area contributed by atoms with Crippen LogP contribution < -0.4 is 11.0 Å². The minimum absolute atomic E-state index is 0.895. The van der Waals surface area contributed by atoms with Gasteiger partial charge in [-0.15, -0.1) is 4.94 Å². The number of rotatable bonds is 2. The fraction of sp³-hybridized carbons (Fsp3) is 0.333. The summed E-state index contributed by atoms with van der Waals surface area (Å²) in [6.45, 7) is 0. The first-order chi connectivity index (χ1) is 4.66. The Balaban J connectivity index is 3.20. The van der Waals surface area contributed by atoms with Crippen LogP contribution >= 0.6 is 0 Å². The van der Waals surface area contributed by atoms with Crippen molar-refractivity contribution in [2.24, 2.45) is 0 Å². The van der Waals surface area contributed by atoms with Crippen LogP contribution in [0.2, 0.25) is 0 Å². The summed E-state index contributed by atoms with van der Waals surface area (Å²) >= 11 is 0. The number of methoxy groups -OCH3 is 1. The number of amides is 2. The Bertz CT molecular complexity index is 135. The molecule has 0 atom stereocenters. The number of carbonyl (C=O) groups excluding carboxylic acids is 1. The monoisotopic (exact) mass is 150 g/mol. The molecule has 0 saturated heterocycles. The zero-order valence-electron chi connectivity index (χ0n) is 5.08. The van der Waals surface area contributed by atoms with Gasteiger partial charge >= 0.3 is 12.2 Å². The Morgan fingerprint density at radius 2 is 2.00 bits per heavy atom. The van der Waals surface area contributed by atoms with Crippen molar-refractivity contribution in [1.29, 1.82) is 0 Å². The van der Waals surface area contributed by atoms with Gasteiger partial charge in [-0.2, -0.15) is 11.0 Å². The number of hydroxylamine groups is 2. The maximum Gasteiger partial charge on any atom is 0.433 e. The highest BCUT2D eigenvalue weighted by molar-refractivity contribution is 5.66. The molecule has 58 valence electrons. The summed E-state index contributed by atoms with van der Waals surface area (Å²) in [5.74, 6) is 0. The maximum atomic E-state index is 10.1. The molecular weight excluding hydrogens is 144 g/mol. The third-order valence-electron chi connectivity index (χ3n) is 0.458. The molecule has 7 heteroatoms. The molecule has 0 radical (unpaired) electrons. The zero-order valence-corrected chi connectivity index (χ0v) is 5.08. The normalized spacial score (nSPS) is 8.10. The van der Waals surface area contributed by atoms with Crippen LogP contribution in [0.3, 0.4) is 0 Å². The fourth-order valence-corrected chi connectivity index (χ4v) is 0.153. The van der Waals surface area contributed by atoms with Gasteiger partial charge in [0.1, 0.15) is 0 Å². The number of nitrogens with one attached hydrogen (secondary N) is 2. The quantitative estimate of drug-likeness (QED) is 0.459. The van der Waals surface area contributed by atoms with Crippen LogP contribution in [-0.2, 0) is 9.68 Å². The maximum absolute atomic E-state index is 10.1. The molecule has 0 aliphatic carbocycles. The van der Waals surface area contributed by atoms with E-state index in [0.717, 1.165) is 7.11 Å². The van der Waals surface area contributed by atoms with E-state index >= 15 is 0 Å². The number of hydrogen-bond donors (Lipinski definition) is 3. The summed E-state index contributed by atoms with van der Waals surface area (Å²) < 4.78 is 4.02. The molecule has 2 amide bonds. The molecule has 0 aromatic carbocycles. The number of carboxylic acid groups (broad SMARTS) is 1. The molecule has 0 unspecified atom stereocenters. The molecule has 0 fully saturated rings. The molecular formula is C3H6N2O5. The van der Waals surface area contributed by atoms with Gasteiger partial charge in [0.25, 0.3) is 0 Å². The first-order valence-electron chi connectivity index (χ1n) is 2.15. The van der Waals surface area contributed by atoms with E-state index in [1.807, 2.05) is 0 Å². The van der Waals surface area contributed by atoms with Gasteiger partial charge in [0.05, 0.1) is 7.11 Å². The van der Waals surface area contributed by atoms with E-state index in [-0.39, 0.29) is 0 Å². The second-order valence-electron chi connectivity index (χ2n) is 1.10. The van der Waals surface area contributed by atoms with Crippen LogP contribution in [-0.4, -0.2) is 24.4 Å². The molecule has 0 aliphatic rings. The van der Waals surface area contributed by atoms with Crippen LogP contribution in [0.1, 0.15) is 0 Å². The van der Waals surface area contributed by atoms with Crippen LogP contribution in [0.15, 0.2) is 0 Å². The third-order valence-corrected chi connectivity index (χ3v) is 0.458. The van der Waals surface area contributed by atoms with Crippen LogP contribution in [0.25, 0.3) is 0 Å². The van der Waals surface area contributed by atoms with Crippen molar-refractivity contribution in [3.63, 3.8) is 0 Å². The third kappa shape index (κ3) is 4.65. The predicted molar refractivity (Wildman–Crippen MR) is 27.8 cm³/mol. The number of hydrogen-bond acceptors (Lipinski definition) is 4. The lowest BCUT2D eigenvalue weighted by molar-refractivity contribution is -0.0223. The summed E-state index contributed by atoms with van der Waals surface area (Å²) in [5.41, 5.74) is 3.03. The summed E-state index contributed by atoms with van der Waals surface area (Å²) in [7, 11) is 1.11. The molecule has 0 aromatic rings. The van der Waals surface area contributed by atoms with Gasteiger partial charge in [0, 0.05) is 0 Å². The van der Waals surface area contributed by atoms with Crippen molar-refractivity contribution < 1.29 is 24.4 Å². The van der Waals surface area contributed by atoms with Crippen LogP contribution in [0, 0.1) is 0 Å². The first-order valence-corrected chi connectivity index (χ1v) is 2.15. The van der Waals surface area contributed by atoms with E-state index in [4.69, 9.17) is 5.11 Å². The molecule has 10 heavy (non-hydrogen) atoms. The summed E-state index contributed by atoms with van der Waals surface area (Å²) in [4.78, 5) is 23.6. The van der Waals surface area contributed by atoms with Crippen molar-refractivity contribution in [2.75, 3.05) is 7.11 Å². The van der Waals surface area contributed by atoms with Crippen LogP contribution in [0.5, 0.6) is 0 Å². The number of ether oxygens (including phenoxy) is 1. The SMILES string of the molecule is COC(=O)NONC(=O)O. The van der Waals surface area contributed by atoms with Gasteiger partial charge in [0.15, 0.2) is 0 Å². The van der Waals surface area contributed by atoms with E-state index in [1.54, 1.807) is 5.48 Å². The lowest BCUT2D eigenvalue weighted by atomic mass is 11.2. The lowest BCUT2D eigenvalue weighted by Crippen LogP contribution is -2.33. The Labute approximate surface area is 55.8 Å². The highest BCUT2D eigenvalue weighted by Crippen LogP contribution is 1.68. The standard InChI is InChI=1S/C3H6N2O5/c1-9-3(8)5-10-4-2(6)7/h4H,1H3,(H,5,8)(H,6,7). The van der Waals surface area contributed by atoms with Gasteiger partial charge in [-0.1, -0.05) is 0 Å². The Hall–Kier alpha value is -1.50. The smallest absolute Gasteiger partial charge is 0.433 e. The molecule has 0 saturated carbocycles. The topological polar surface area (TPSA) is 96.9 Å². The van der Waals surface area contributed by atoms with Gasteiger partial charge in [-0.05, 0) is 0 Å². The Morgan fingerprint density at radius 1 is 1.40 bits per heavy atom. The van der Waals surface area contributed by atoms with E-state index < -0.39 is 12.2 Å². The van der Waals surface area contributed by atoms with Crippen molar-refractivity contribution in [1.82, 2.24) is 11.0 Å². The average Bonchev–Trinajstić information content (AvgIpc) is 1.87. The summed E-state index contributed by atoms with van der Waals surface area (Å²) in [6, 6.07) is 0. The molecule has 3 N–H and O–H groups in total. The Morgan fingerprint density at radius 3 is 2.40 bits per heavy atom. The predicted octanol–water partition coefficient (Wildman–Crippen LogP) is -0.543. The molecule has 0 aliphatic heterocycles. The Kier molecular flexibility index (Phi) is 3.73. The molecule has 0 aromatic heterocycles. The second-order valence-corrected chi connectivity index (χ2v) is 1.10. The van der Waals surface area contributed by atoms with Crippen molar-refractivity contribution in [3.8, 4) is 0 Å². The van der Waals surface area contributed by atoms with E-state index in [2.05, 4.69) is 9.68 Å². The van der Waals surface area contributed by atoms with Crippen molar-refractivity contribution in [2.45, 2.75) is 0 Å². The van der Waals surface area contributed by atoms with Gasteiger partial charge in [-0.3, -0.25) is 0 Å².